The van der Waals surface area contributed by atoms with Gasteiger partial charge in [-0.2, -0.15) is 0 Å². The highest BCUT2D eigenvalue weighted by molar-refractivity contribution is 5.94. The molecule has 0 unspecified atom stereocenters. The number of aryl methyl sites for hydroxylation is 2. The van der Waals surface area contributed by atoms with Crippen molar-refractivity contribution < 1.29 is 9.90 Å². The molecule has 1 atom stereocenters. The molecule has 1 fully saturated rings. The molecule has 1 saturated heterocycles. The quantitative estimate of drug-likeness (QED) is 0.905. The molecule has 1 heterocycles. The lowest BCUT2D eigenvalue weighted by atomic mass is 9.87. The van der Waals surface area contributed by atoms with Gasteiger partial charge >= 0.3 is 0 Å². The van der Waals surface area contributed by atoms with Gasteiger partial charge in [0.25, 0.3) is 5.91 Å². The standard InChI is InChI=1S/C22H26N2O2/c1-16-14-19(7-9-21(16)25)22(26)24-12-10-23(11-13-24)20-8-6-17-4-2-3-5-18(17)15-20/h2-5,7,9,14,20,25H,6,8,10-13,15H2,1H3/t20-/m0/s1. The van der Waals surface area contributed by atoms with E-state index in [0.29, 0.717) is 11.6 Å². The summed E-state index contributed by atoms with van der Waals surface area (Å²) in [5.41, 5.74) is 4.40. The summed E-state index contributed by atoms with van der Waals surface area (Å²) >= 11 is 0. The molecular formula is C22H26N2O2. The van der Waals surface area contributed by atoms with Gasteiger partial charge in [0.05, 0.1) is 0 Å². The van der Waals surface area contributed by atoms with Gasteiger partial charge in [-0.05, 0) is 61.1 Å². The number of fused-ring (bicyclic) bond motifs is 1. The summed E-state index contributed by atoms with van der Waals surface area (Å²) < 4.78 is 0. The molecule has 0 aromatic heterocycles. The summed E-state index contributed by atoms with van der Waals surface area (Å²) in [5.74, 6) is 0.311. The summed E-state index contributed by atoms with van der Waals surface area (Å²) in [6.45, 7) is 5.25. The molecule has 4 rings (SSSR count). The van der Waals surface area contributed by atoms with Crippen molar-refractivity contribution in [3.05, 3.63) is 64.7 Å². The Labute approximate surface area is 155 Å². The number of phenolic OH excluding ortho intramolecular Hbond substituents is 1. The molecule has 2 aliphatic rings. The highest BCUT2D eigenvalue weighted by atomic mass is 16.3. The van der Waals surface area contributed by atoms with E-state index in [2.05, 4.69) is 29.2 Å². The van der Waals surface area contributed by atoms with E-state index in [-0.39, 0.29) is 11.7 Å². The maximum absolute atomic E-state index is 12.7. The molecule has 0 saturated carbocycles. The van der Waals surface area contributed by atoms with E-state index in [0.717, 1.165) is 44.6 Å². The largest absolute Gasteiger partial charge is 0.508 e. The van der Waals surface area contributed by atoms with E-state index >= 15 is 0 Å². The average molecular weight is 350 g/mol. The number of carbonyl (C=O) groups is 1. The third kappa shape index (κ3) is 3.34. The second-order valence-corrected chi connectivity index (χ2v) is 7.49. The second kappa shape index (κ2) is 7.12. The summed E-state index contributed by atoms with van der Waals surface area (Å²) in [5, 5.41) is 9.65. The number of nitrogens with zero attached hydrogens (tertiary/aromatic N) is 2. The highest BCUT2D eigenvalue weighted by Crippen LogP contribution is 2.25. The van der Waals surface area contributed by atoms with E-state index in [1.807, 2.05) is 11.8 Å². The van der Waals surface area contributed by atoms with Gasteiger partial charge in [0, 0.05) is 37.8 Å². The van der Waals surface area contributed by atoms with E-state index in [4.69, 9.17) is 0 Å². The van der Waals surface area contributed by atoms with Crippen molar-refractivity contribution in [2.45, 2.75) is 32.2 Å². The van der Waals surface area contributed by atoms with Crippen LogP contribution in [0.25, 0.3) is 0 Å². The van der Waals surface area contributed by atoms with Crippen LogP contribution >= 0.6 is 0 Å². The van der Waals surface area contributed by atoms with Crippen LogP contribution in [0.15, 0.2) is 42.5 Å². The van der Waals surface area contributed by atoms with E-state index in [9.17, 15) is 9.90 Å². The molecule has 136 valence electrons. The Morgan fingerprint density at radius 1 is 1.04 bits per heavy atom. The third-order valence-electron chi connectivity index (χ3n) is 5.88. The molecule has 0 bridgehead atoms. The predicted octanol–water partition coefficient (Wildman–Crippen LogP) is 3.02. The molecule has 4 nitrogen and oxygen atoms in total. The number of aromatic hydroxyl groups is 1. The van der Waals surface area contributed by atoms with Crippen LogP contribution in [0.1, 0.15) is 33.5 Å². The normalized spacial score (nSPS) is 20.7. The van der Waals surface area contributed by atoms with Crippen LogP contribution in [0, 0.1) is 6.92 Å². The Morgan fingerprint density at radius 2 is 1.77 bits per heavy atom. The Kier molecular flexibility index (Phi) is 4.68. The number of amides is 1. The van der Waals surface area contributed by atoms with Crippen LogP contribution in [-0.4, -0.2) is 53.0 Å². The molecule has 4 heteroatoms. The molecular weight excluding hydrogens is 324 g/mol. The number of hydrogen-bond acceptors (Lipinski definition) is 3. The number of hydrogen-bond donors (Lipinski definition) is 1. The first-order chi connectivity index (χ1) is 12.6. The number of carbonyl (C=O) groups excluding carboxylic acids is 1. The van der Waals surface area contributed by atoms with Gasteiger partial charge in [-0.3, -0.25) is 9.69 Å². The van der Waals surface area contributed by atoms with Crippen LogP contribution in [-0.2, 0) is 12.8 Å². The predicted molar refractivity (Wildman–Crippen MR) is 103 cm³/mol. The van der Waals surface area contributed by atoms with Crippen molar-refractivity contribution in [2.75, 3.05) is 26.2 Å². The Morgan fingerprint density at radius 3 is 2.50 bits per heavy atom. The minimum Gasteiger partial charge on any atom is -0.508 e. The lowest BCUT2D eigenvalue weighted by molar-refractivity contribution is 0.0553. The van der Waals surface area contributed by atoms with Gasteiger partial charge in [0.1, 0.15) is 5.75 Å². The van der Waals surface area contributed by atoms with Crippen LogP contribution in [0.2, 0.25) is 0 Å². The average Bonchev–Trinajstić information content (AvgIpc) is 2.69. The van der Waals surface area contributed by atoms with Gasteiger partial charge in [0.15, 0.2) is 0 Å². The van der Waals surface area contributed by atoms with Gasteiger partial charge in [-0.1, -0.05) is 24.3 Å². The van der Waals surface area contributed by atoms with Gasteiger partial charge in [0.2, 0.25) is 0 Å². The fraction of sp³-hybridized carbons (Fsp3) is 0.409. The topological polar surface area (TPSA) is 43.8 Å². The maximum Gasteiger partial charge on any atom is 0.253 e. The van der Waals surface area contributed by atoms with E-state index < -0.39 is 0 Å². The van der Waals surface area contributed by atoms with Crippen LogP contribution in [0.3, 0.4) is 0 Å². The molecule has 26 heavy (non-hydrogen) atoms. The molecule has 0 radical (unpaired) electrons. The monoisotopic (exact) mass is 350 g/mol. The lowest BCUT2D eigenvalue weighted by Gasteiger charge is -2.41. The number of benzene rings is 2. The molecule has 1 N–H and O–H groups in total. The lowest BCUT2D eigenvalue weighted by Crippen LogP contribution is -2.53. The second-order valence-electron chi connectivity index (χ2n) is 7.49. The number of piperazine rings is 1. The van der Waals surface area contributed by atoms with Crippen LogP contribution in [0.5, 0.6) is 5.75 Å². The van der Waals surface area contributed by atoms with E-state index in [1.165, 1.54) is 17.5 Å². The molecule has 2 aromatic carbocycles. The minimum atomic E-state index is 0.0711. The van der Waals surface area contributed by atoms with Gasteiger partial charge in [-0.25, -0.2) is 0 Å². The van der Waals surface area contributed by atoms with Crippen molar-refractivity contribution in [3.8, 4) is 5.75 Å². The van der Waals surface area contributed by atoms with Gasteiger partial charge in [-0.15, -0.1) is 0 Å². The maximum atomic E-state index is 12.7. The highest BCUT2D eigenvalue weighted by Gasteiger charge is 2.29. The smallest absolute Gasteiger partial charge is 0.253 e. The first-order valence-corrected chi connectivity index (χ1v) is 9.51. The Bertz CT molecular complexity index is 810. The SMILES string of the molecule is Cc1cc(C(=O)N2CCN([C@H]3CCc4ccccc4C3)CC2)ccc1O. The minimum absolute atomic E-state index is 0.0711. The van der Waals surface area contributed by atoms with Crippen molar-refractivity contribution in [3.63, 3.8) is 0 Å². The zero-order valence-corrected chi connectivity index (χ0v) is 15.3. The third-order valence-corrected chi connectivity index (χ3v) is 5.88. The van der Waals surface area contributed by atoms with Crippen LogP contribution in [0.4, 0.5) is 0 Å². The van der Waals surface area contributed by atoms with Crippen molar-refractivity contribution in [2.24, 2.45) is 0 Å². The first kappa shape index (κ1) is 17.1. The summed E-state index contributed by atoms with van der Waals surface area (Å²) in [6.07, 6.45) is 3.50. The molecule has 2 aromatic rings. The first-order valence-electron chi connectivity index (χ1n) is 9.51. The Hall–Kier alpha value is -2.33. The summed E-state index contributed by atoms with van der Waals surface area (Å²) in [6, 6.07) is 14.5. The summed E-state index contributed by atoms with van der Waals surface area (Å²) in [7, 11) is 0. The zero-order valence-electron chi connectivity index (χ0n) is 15.3. The number of rotatable bonds is 2. The van der Waals surface area contributed by atoms with Crippen molar-refractivity contribution in [1.82, 2.24) is 9.80 Å². The van der Waals surface area contributed by atoms with Crippen molar-refractivity contribution in [1.29, 1.82) is 0 Å². The van der Waals surface area contributed by atoms with Gasteiger partial charge < -0.3 is 10.0 Å². The fourth-order valence-corrected chi connectivity index (χ4v) is 4.25. The zero-order chi connectivity index (χ0) is 18.1. The fourth-order valence-electron chi connectivity index (χ4n) is 4.25. The molecule has 1 amide bonds. The summed E-state index contributed by atoms with van der Waals surface area (Å²) in [4.78, 5) is 17.2. The molecule has 1 aliphatic carbocycles. The number of phenols is 1. The van der Waals surface area contributed by atoms with Crippen molar-refractivity contribution >= 4 is 5.91 Å². The Balaban J connectivity index is 1.37. The van der Waals surface area contributed by atoms with E-state index in [1.54, 1.807) is 18.2 Å². The van der Waals surface area contributed by atoms with Crippen LogP contribution < -0.4 is 0 Å². The molecule has 1 aliphatic heterocycles. The molecule has 0 spiro atoms.